The lowest BCUT2D eigenvalue weighted by molar-refractivity contribution is -0.137. The number of hydrogen-bond acceptors (Lipinski definition) is 3. The van der Waals surface area contributed by atoms with E-state index in [1.54, 1.807) is 0 Å². The molecule has 2 aromatic rings. The number of hydrogen-bond donors (Lipinski definition) is 1. The molecule has 7 heteroatoms. The van der Waals surface area contributed by atoms with Crippen molar-refractivity contribution in [2.45, 2.75) is 25.4 Å². The fraction of sp³-hybridized carbons (Fsp3) is 0.278. The van der Waals surface area contributed by atoms with Crippen molar-refractivity contribution in [2.24, 2.45) is 5.73 Å². The zero-order valence-corrected chi connectivity index (χ0v) is 13.3. The summed E-state index contributed by atoms with van der Waals surface area (Å²) < 4.78 is 43.9. The SMILES string of the molecule is N[C@H]1CN(C(=O)OCc2ccccc2)Cc2cc(C(F)(F)F)ccc21. The maximum absolute atomic E-state index is 12.9. The van der Waals surface area contributed by atoms with E-state index >= 15 is 0 Å². The monoisotopic (exact) mass is 350 g/mol. The largest absolute Gasteiger partial charge is 0.445 e. The molecule has 3 rings (SSSR count). The number of benzene rings is 2. The molecule has 0 aromatic heterocycles. The molecule has 0 radical (unpaired) electrons. The smallest absolute Gasteiger partial charge is 0.416 e. The number of alkyl halides is 3. The molecular formula is C18H17F3N2O2. The van der Waals surface area contributed by atoms with Crippen LogP contribution in [0.15, 0.2) is 48.5 Å². The maximum atomic E-state index is 12.9. The van der Waals surface area contributed by atoms with Crippen LogP contribution in [0.4, 0.5) is 18.0 Å². The van der Waals surface area contributed by atoms with Crippen molar-refractivity contribution in [1.82, 2.24) is 4.90 Å². The molecule has 0 saturated heterocycles. The number of rotatable bonds is 2. The molecular weight excluding hydrogens is 333 g/mol. The molecule has 1 heterocycles. The summed E-state index contributed by atoms with van der Waals surface area (Å²) in [6, 6.07) is 12.0. The fourth-order valence-corrected chi connectivity index (χ4v) is 2.84. The van der Waals surface area contributed by atoms with Crippen LogP contribution in [-0.2, 0) is 24.1 Å². The van der Waals surface area contributed by atoms with Crippen LogP contribution in [0.5, 0.6) is 0 Å². The van der Waals surface area contributed by atoms with E-state index in [1.807, 2.05) is 30.3 Å². The number of nitrogens with two attached hydrogens (primary N) is 1. The summed E-state index contributed by atoms with van der Waals surface area (Å²) in [5, 5.41) is 0. The zero-order chi connectivity index (χ0) is 18.0. The van der Waals surface area contributed by atoms with Gasteiger partial charge in [-0.2, -0.15) is 13.2 Å². The van der Waals surface area contributed by atoms with Crippen LogP contribution in [0, 0.1) is 0 Å². The van der Waals surface area contributed by atoms with Crippen molar-refractivity contribution < 1.29 is 22.7 Å². The van der Waals surface area contributed by atoms with Crippen LogP contribution < -0.4 is 5.73 Å². The Morgan fingerprint density at radius 1 is 1.20 bits per heavy atom. The highest BCUT2D eigenvalue weighted by Crippen LogP contribution is 2.34. The molecule has 0 aliphatic carbocycles. The quantitative estimate of drug-likeness (QED) is 0.895. The molecule has 2 N–H and O–H groups in total. The Labute approximate surface area is 143 Å². The van der Waals surface area contributed by atoms with Crippen LogP contribution in [0.2, 0.25) is 0 Å². The van der Waals surface area contributed by atoms with Crippen molar-refractivity contribution in [2.75, 3.05) is 6.54 Å². The van der Waals surface area contributed by atoms with Gasteiger partial charge in [0.05, 0.1) is 5.56 Å². The topological polar surface area (TPSA) is 55.6 Å². The number of carbonyl (C=O) groups is 1. The summed E-state index contributed by atoms with van der Waals surface area (Å²) in [5.41, 5.74) is 7.11. The molecule has 2 aromatic carbocycles. The summed E-state index contributed by atoms with van der Waals surface area (Å²) in [6.45, 7) is 0.341. The summed E-state index contributed by atoms with van der Waals surface area (Å²) in [4.78, 5) is 13.6. The third-order valence-electron chi connectivity index (χ3n) is 4.11. The van der Waals surface area contributed by atoms with Crippen LogP contribution in [0.25, 0.3) is 0 Å². The third kappa shape index (κ3) is 3.93. The number of nitrogens with zero attached hydrogens (tertiary/aromatic N) is 1. The van der Waals surface area contributed by atoms with E-state index < -0.39 is 23.9 Å². The first-order chi connectivity index (χ1) is 11.8. The maximum Gasteiger partial charge on any atom is 0.416 e. The molecule has 25 heavy (non-hydrogen) atoms. The summed E-state index contributed by atoms with van der Waals surface area (Å²) in [5.74, 6) is 0. The van der Waals surface area contributed by atoms with E-state index in [4.69, 9.17) is 10.5 Å². The molecule has 1 aliphatic rings. The molecule has 1 aliphatic heterocycles. The van der Waals surface area contributed by atoms with Crippen molar-refractivity contribution in [3.63, 3.8) is 0 Å². The molecule has 0 unspecified atom stereocenters. The van der Waals surface area contributed by atoms with Gasteiger partial charge in [0.15, 0.2) is 0 Å². The van der Waals surface area contributed by atoms with E-state index in [1.165, 1.54) is 11.0 Å². The average Bonchev–Trinajstić information content (AvgIpc) is 2.59. The summed E-state index contributed by atoms with van der Waals surface area (Å²) >= 11 is 0. The number of amides is 1. The highest BCUT2D eigenvalue weighted by molar-refractivity contribution is 5.68. The van der Waals surface area contributed by atoms with Gasteiger partial charge in [0, 0.05) is 19.1 Å². The summed E-state index contributed by atoms with van der Waals surface area (Å²) in [6.07, 6.45) is -5.03. The van der Waals surface area contributed by atoms with E-state index in [0.717, 1.165) is 17.7 Å². The van der Waals surface area contributed by atoms with Crippen LogP contribution in [0.1, 0.15) is 28.3 Å². The first kappa shape index (κ1) is 17.3. The van der Waals surface area contributed by atoms with E-state index in [-0.39, 0.29) is 19.7 Å². The molecule has 1 atom stereocenters. The van der Waals surface area contributed by atoms with Crippen molar-refractivity contribution in [1.29, 1.82) is 0 Å². The third-order valence-corrected chi connectivity index (χ3v) is 4.11. The first-order valence-corrected chi connectivity index (χ1v) is 7.76. The minimum Gasteiger partial charge on any atom is -0.445 e. The highest BCUT2D eigenvalue weighted by Gasteiger charge is 2.33. The zero-order valence-electron chi connectivity index (χ0n) is 13.3. The lowest BCUT2D eigenvalue weighted by Gasteiger charge is -2.32. The van der Waals surface area contributed by atoms with Gasteiger partial charge in [-0.25, -0.2) is 4.79 Å². The number of halogens is 3. The van der Waals surface area contributed by atoms with Crippen molar-refractivity contribution in [3.8, 4) is 0 Å². The number of fused-ring (bicyclic) bond motifs is 1. The van der Waals surface area contributed by atoms with Crippen molar-refractivity contribution >= 4 is 6.09 Å². The van der Waals surface area contributed by atoms with Gasteiger partial charge in [0.25, 0.3) is 0 Å². The van der Waals surface area contributed by atoms with Gasteiger partial charge in [-0.1, -0.05) is 36.4 Å². The van der Waals surface area contributed by atoms with Gasteiger partial charge in [0.2, 0.25) is 0 Å². The lowest BCUT2D eigenvalue weighted by atomic mass is 9.94. The number of carbonyl (C=O) groups excluding carboxylic acids is 1. The Morgan fingerprint density at radius 2 is 1.92 bits per heavy atom. The second kappa shape index (κ2) is 6.76. The Kier molecular flexibility index (Phi) is 4.67. The fourth-order valence-electron chi connectivity index (χ4n) is 2.84. The van der Waals surface area contributed by atoms with Crippen LogP contribution in [0.3, 0.4) is 0 Å². The minimum atomic E-state index is -4.44. The minimum absolute atomic E-state index is 0.0422. The average molecular weight is 350 g/mol. The molecule has 0 bridgehead atoms. The molecule has 0 saturated carbocycles. The Morgan fingerprint density at radius 3 is 2.60 bits per heavy atom. The summed E-state index contributed by atoms with van der Waals surface area (Å²) in [7, 11) is 0. The molecule has 0 fully saturated rings. The predicted molar refractivity (Wildman–Crippen MR) is 85.4 cm³/mol. The van der Waals surface area contributed by atoms with Gasteiger partial charge < -0.3 is 15.4 Å². The molecule has 0 spiro atoms. The van der Waals surface area contributed by atoms with Gasteiger partial charge in [-0.05, 0) is 28.8 Å². The first-order valence-electron chi connectivity index (χ1n) is 7.76. The van der Waals surface area contributed by atoms with Gasteiger partial charge in [-0.15, -0.1) is 0 Å². The lowest BCUT2D eigenvalue weighted by Crippen LogP contribution is -2.41. The Hall–Kier alpha value is -2.54. The van der Waals surface area contributed by atoms with Gasteiger partial charge in [-0.3, -0.25) is 0 Å². The van der Waals surface area contributed by atoms with Crippen LogP contribution >= 0.6 is 0 Å². The molecule has 132 valence electrons. The van der Waals surface area contributed by atoms with Gasteiger partial charge in [0.1, 0.15) is 6.61 Å². The number of ether oxygens (including phenoxy) is 1. The standard InChI is InChI=1S/C18H17F3N2O2/c19-18(20,21)14-6-7-15-13(8-14)9-23(10-16(15)22)17(24)25-11-12-4-2-1-3-5-12/h1-8,16H,9-11,22H2/t16-/m0/s1. The second-order valence-electron chi connectivity index (χ2n) is 5.94. The van der Waals surface area contributed by atoms with Crippen molar-refractivity contribution in [3.05, 3.63) is 70.8 Å². The van der Waals surface area contributed by atoms with E-state index in [2.05, 4.69) is 0 Å². The van der Waals surface area contributed by atoms with Gasteiger partial charge >= 0.3 is 12.3 Å². The predicted octanol–water partition coefficient (Wildman–Crippen LogP) is 3.86. The Balaban J connectivity index is 1.72. The normalized spacial score (nSPS) is 17.1. The Bertz CT molecular complexity index is 763. The van der Waals surface area contributed by atoms with Crippen LogP contribution in [-0.4, -0.2) is 17.5 Å². The highest BCUT2D eigenvalue weighted by atomic mass is 19.4. The van der Waals surface area contributed by atoms with E-state index in [9.17, 15) is 18.0 Å². The molecule has 1 amide bonds. The second-order valence-corrected chi connectivity index (χ2v) is 5.94. The molecule has 4 nitrogen and oxygen atoms in total. The van der Waals surface area contributed by atoms with E-state index in [0.29, 0.717) is 11.1 Å².